The molecule has 0 unspecified atom stereocenters. The van der Waals surface area contributed by atoms with Gasteiger partial charge < -0.3 is 14.8 Å². The molecule has 0 radical (unpaired) electrons. The van der Waals surface area contributed by atoms with Crippen molar-refractivity contribution in [1.29, 1.82) is 0 Å². The Morgan fingerprint density at radius 1 is 1.00 bits per heavy atom. The lowest BCUT2D eigenvalue weighted by Crippen LogP contribution is -2.22. The van der Waals surface area contributed by atoms with E-state index in [2.05, 4.69) is 10.1 Å². The minimum atomic E-state index is -4.83. The Morgan fingerprint density at radius 3 is 2.17 bits per heavy atom. The van der Waals surface area contributed by atoms with Crippen molar-refractivity contribution in [1.82, 2.24) is 0 Å². The van der Waals surface area contributed by atoms with Crippen LogP contribution in [0.3, 0.4) is 0 Å². The lowest BCUT2D eigenvalue weighted by molar-refractivity contribution is -0.274. The number of anilines is 1. The predicted octanol–water partition coefficient (Wildman–Crippen LogP) is 3.24. The van der Waals surface area contributed by atoms with Crippen molar-refractivity contribution in [2.24, 2.45) is 0 Å². The molecule has 0 heterocycles. The van der Waals surface area contributed by atoms with Crippen LogP contribution in [0.25, 0.3) is 0 Å². The van der Waals surface area contributed by atoms with Gasteiger partial charge in [0.1, 0.15) is 5.75 Å². The second-order valence-corrected chi connectivity index (χ2v) is 8.27. The highest BCUT2D eigenvalue weighted by Gasteiger charge is 2.31. The summed E-state index contributed by atoms with van der Waals surface area (Å²) in [6, 6.07) is 10.5. The molecule has 1 N–H and O–H groups in total. The average Bonchev–Trinajstić information content (AvgIpc) is 2.65. The van der Waals surface area contributed by atoms with Crippen LogP contribution in [-0.2, 0) is 24.2 Å². The van der Waals surface area contributed by atoms with Crippen molar-refractivity contribution in [2.75, 3.05) is 17.7 Å². The van der Waals surface area contributed by atoms with Gasteiger partial charge in [-0.3, -0.25) is 9.59 Å². The number of benzene rings is 2. The number of nitrogens with one attached hydrogen (secondary N) is 1. The van der Waals surface area contributed by atoms with Crippen LogP contribution >= 0.6 is 0 Å². The monoisotopic (exact) mass is 445 g/mol. The van der Waals surface area contributed by atoms with E-state index in [0.717, 1.165) is 17.7 Å². The quantitative estimate of drug-likeness (QED) is 0.627. The molecule has 0 saturated heterocycles. The van der Waals surface area contributed by atoms with Crippen LogP contribution in [0.2, 0.25) is 0 Å². The summed E-state index contributed by atoms with van der Waals surface area (Å²) in [6.07, 6.45) is -5.27. The fraction of sp³-hybridized carbons (Fsp3) is 0.263. The first-order valence-electron chi connectivity index (χ1n) is 8.55. The molecule has 0 bridgehead atoms. The third-order valence-corrected chi connectivity index (χ3v) is 5.42. The molecule has 0 saturated carbocycles. The smallest absolute Gasteiger partial charge is 0.456 e. The van der Waals surface area contributed by atoms with Gasteiger partial charge in [0.05, 0.1) is 17.1 Å². The van der Waals surface area contributed by atoms with E-state index in [9.17, 15) is 31.2 Å². The van der Waals surface area contributed by atoms with Gasteiger partial charge in [-0.15, -0.1) is 13.2 Å². The number of ether oxygens (including phenoxy) is 2. The topological polar surface area (TPSA) is 98.8 Å². The van der Waals surface area contributed by atoms with Crippen molar-refractivity contribution in [3.63, 3.8) is 0 Å². The minimum Gasteiger partial charge on any atom is -0.456 e. The molecule has 0 atom stereocenters. The van der Waals surface area contributed by atoms with Crippen LogP contribution in [0.15, 0.2) is 53.4 Å². The van der Waals surface area contributed by atoms with Crippen LogP contribution in [0.1, 0.15) is 12.0 Å². The number of esters is 1. The summed E-state index contributed by atoms with van der Waals surface area (Å²) < 4.78 is 69.1. The van der Waals surface area contributed by atoms with Gasteiger partial charge in [0, 0.05) is 5.69 Å². The number of hydrogen-bond acceptors (Lipinski definition) is 6. The van der Waals surface area contributed by atoms with E-state index in [0.29, 0.717) is 0 Å². The Balaban J connectivity index is 1.77. The lowest BCUT2D eigenvalue weighted by Gasteiger charge is -2.10. The Kier molecular flexibility index (Phi) is 7.43. The maximum atomic E-state index is 12.2. The predicted molar refractivity (Wildman–Crippen MR) is 101 cm³/mol. The third-order valence-electron chi connectivity index (χ3n) is 3.69. The average molecular weight is 445 g/mol. The van der Waals surface area contributed by atoms with E-state index < -0.39 is 52.6 Å². The largest absolute Gasteiger partial charge is 0.573 e. The number of hydrogen-bond donors (Lipinski definition) is 1. The van der Waals surface area contributed by atoms with E-state index in [1.807, 2.05) is 6.92 Å². The van der Waals surface area contributed by atoms with Crippen LogP contribution in [0, 0.1) is 6.92 Å². The molecule has 2 aromatic carbocycles. The molecular formula is C19H18F3NO6S. The molecule has 0 spiro atoms. The number of sulfone groups is 1. The first-order chi connectivity index (χ1) is 13.9. The van der Waals surface area contributed by atoms with Gasteiger partial charge in [0.2, 0.25) is 0 Å². The third kappa shape index (κ3) is 7.74. The maximum absolute atomic E-state index is 12.2. The van der Waals surface area contributed by atoms with Crippen LogP contribution in [0.5, 0.6) is 5.75 Å². The Bertz CT molecular complexity index is 986. The SMILES string of the molecule is Cc1ccc(S(=O)(=O)CCC(=O)OCC(=O)Nc2ccc(OC(F)(F)F)cc2)cc1. The van der Waals surface area contributed by atoms with Gasteiger partial charge in [-0.05, 0) is 43.3 Å². The number of rotatable bonds is 8. The molecule has 30 heavy (non-hydrogen) atoms. The Hall–Kier alpha value is -3.08. The molecule has 0 aliphatic rings. The molecule has 0 aliphatic heterocycles. The van der Waals surface area contributed by atoms with Gasteiger partial charge in [-0.1, -0.05) is 17.7 Å². The summed E-state index contributed by atoms with van der Waals surface area (Å²) in [5.74, 6) is -2.55. The highest BCUT2D eigenvalue weighted by Crippen LogP contribution is 2.23. The zero-order valence-corrected chi connectivity index (χ0v) is 16.5. The van der Waals surface area contributed by atoms with Crippen molar-refractivity contribution < 1.29 is 40.7 Å². The summed E-state index contributed by atoms with van der Waals surface area (Å²) in [6.45, 7) is 1.13. The molecule has 1 amide bonds. The normalized spacial score (nSPS) is 11.6. The van der Waals surface area contributed by atoms with Gasteiger partial charge in [0.25, 0.3) is 5.91 Å². The number of halogens is 3. The molecule has 0 aromatic heterocycles. The number of alkyl halides is 3. The summed E-state index contributed by atoms with van der Waals surface area (Å²) in [7, 11) is -3.67. The fourth-order valence-electron chi connectivity index (χ4n) is 2.24. The van der Waals surface area contributed by atoms with Crippen molar-refractivity contribution in [3.8, 4) is 5.75 Å². The molecule has 162 valence electrons. The summed E-state index contributed by atoms with van der Waals surface area (Å²) >= 11 is 0. The van der Waals surface area contributed by atoms with Crippen LogP contribution in [-0.4, -0.2) is 39.0 Å². The van der Waals surface area contributed by atoms with E-state index in [4.69, 9.17) is 4.74 Å². The highest BCUT2D eigenvalue weighted by molar-refractivity contribution is 7.91. The van der Waals surface area contributed by atoms with Crippen molar-refractivity contribution in [3.05, 3.63) is 54.1 Å². The van der Waals surface area contributed by atoms with E-state index in [-0.39, 0.29) is 10.6 Å². The molecule has 2 aromatic rings. The van der Waals surface area contributed by atoms with Crippen LogP contribution < -0.4 is 10.1 Å². The zero-order valence-electron chi connectivity index (χ0n) is 15.7. The molecule has 0 fully saturated rings. The zero-order chi connectivity index (χ0) is 22.4. The lowest BCUT2D eigenvalue weighted by atomic mass is 10.2. The second-order valence-electron chi connectivity index (χ2n) is 6.16. The summed E-state index contributed by atoms with van der Waals surface area (Å²) in [4.78, 5) is 23.6. The fourth-order valence-corrected chi connectivity index (χ4v) is 3.46. The highest BCUT2D eigenvalue weighted by atomic mass is 32.2. The summed E-state index contributed by atoms with van der Waals surface area (Å²) in [5.41, 5.74) is 1.05. The Labute approximate surface area is 170 Å². The van der Waals surface area contributed by atoms with Gasteiger partial charge in [0.15, 0.2) is 16.4 Å². The Morgan fingerprint density at radius 2 is 1.60 bits per heavy atom. The standard InChI is InChI=1S/C19H18F3NO6S/c1-13-2-8-16(9-3-13)30(26,27)11-10-18(25)28-12-17(24)23-14-4-6-15(7-5-14)29-19(20,21)22/h2-9H,10-12H2,1H3,(H,23,24). The first kappa shape index (κ1) is 23.2. The van der Waals surface area contributed by atoms with E-state index in [1.54, 1.807) is 12.1 Å². The second kappa shape index (κ2) is 9.61. The molecule has 11 heteroatoms. The number of carbonyl (C=O) groups is 2. The van der Waals surface area contributed by atoms with Gasteiger partial charge in [-0.2, -0.15) is 0 Å². The molecular weight excluding hydrogens is 427 g/mol. The minimum absolute atomic E-state index is 0.0802. The first-order valence-corrected chi connectivity index (χ1v) is 10.2. The number of amides is 1. The molecule has 0 aliphatic carbocycles. The van der Waals surface area contributed by atoms with Gasteiger partial charge >= 0.3 is 12.3 Å². The molecule has 2 rings (SSSR count). The van der Waals surface area contributed by atoms with Crippen molar-refractivity contribution >= 4 is 27.4 Å². The maximum Gasteiger partial charge on any atom is 0.573 e. The van der Waals surface area contributed by atoms with Gasteiger partial charge in [-0.25, -0.2) is 8.42 Å². The molecule has 7 nitrogen and oxygen atoms in total. The summed E-state index contributed by atoms with van der Waals surface area (Å²) in [5, 5.41) is 2.32. The number of carbonyl (C=O) groups excluding carboxylic acids is 2. The van der Waals surface area contributed by atoms with Crippen molar-refractivity contribution in [2.45, 2.75) is 24.6 Å². The number of aryl methyl sites for hydroxylation is 1. The van der Waals surface area contributed by atoms with E-state index in [1.165, 1.54) is 24.3 Å². The van der Waals surface area contributed by atoms with E-state index >= 15 is 0 Å². The van der Waals surface area contributed by atoms with Crippen LogP contribution in [0.4, 0.5) is 18.9 Å².